The van der Waals surface area contributed by atoms with Crippen molar-refractivity contribution in [2.45, 2.75) is 19.4 Å². The zero-order chi connectivity index (χ0) is 21.3. The fraction of sp³-hybridized carbons (Fsp3) is 0.227. The van der Waals surface area contributed by atoms with Gasteiger partial charge in [0.2, 0.25) is 5.91 Å². The van der Waals surface area contributed by atoms with Gasteiger partial charge in [-0.2, -0.15) is 0 Å². The van der Waals surface area contributed by atoms with Crippen molar-refractivity contribution in [1.82, 2.24) is 10.2 Å². The Labute approximate surface area is 178 Å². The van der Waals surface area contributed by atoms with Crippen LogP contribution in [0.25, 0.3) is 0 Å². The SMILES string of the molecule is CCc1cccc(NC(=O)CN2C(=O)N[C@@H](c3ccc(Cl)cc3)C3=C2COC3=O)c1. The van der Waals surface area contributed by atoms with Crippen molar-refractivity contribution in [2.24, 2.45) is 0 Å². The van der Waals surface area contributed by atoms with Crippen LogP contribution in [0.3, 0.4) is 0 Å². The molecular weight excluding hydrogens is 406 g/mol. The number of rotatable bonds is 5. The number of esters is 1. The molecule has 0 aliphatic carbocycles. The molecule has 30 heavy (non-hydrogen) atoms. The normalized spacial score (nSPS) is 18.1. The van der Waals surface area contributed by atoms with Gasteiger partial charge < -0.3 is 15.4 Å². The molecule has 0 fully saturated rings. The highest BCUT2D eigenvalue weighted by Crippen LogP contribution is 2.35. The summed E-state index contributed by atoms with van der Waals surface area (Å²) in [5.74, 6) is -0.874. The number of carbonyl (C=O) groups is 3. The van der Waals surface area contributed by atoms with Gasteiger partial charge in [0, 0.05) is 10.7 Å². The molecule has 3 amide bonds. The minimum Gasteiger partial charge on any atom is -0.456 e. The molecule has 2 aliphatic rings. The first-order chi connectivity index (χ1) is 14.5. The van der Waals surface area contributed by atoms with E-state index in [4.69, 9.17) is 16.3 Å². The van der Waals surface area contributed by atoms with E-state index in [1.165, 1.54) is 4.90 Å². The van der Waals surface area contributed by atoms with Crippen LogP contribution >= 0.6 is 11.6 Å². The predicted molar refractivity (Wildman–Crippen MR) is 112 cm³/mol. The fourth-order valence-electron chi connectivity index (χ4n) is 3.60. The Morgan fingerprint density at radius 2 is 2.00 bits per heavy atom. The number of nitrogens with zero attached hydrogens (tertiary/aromatic N) is 1. The van der Waals surface area contributed by atoms with E-state index in [9.17, 15) is 14.4 Å². The van der Waals surface area contributed by atoms with Gasteiger partial charge in [-0.1, -0.05) is 42.8 Å². The predicted octanol–water partition coefficient (Wildman–Crippen LogP) is 3.42. The van der Waals surface area contributed by atoms with Crippen LogP contribution in [0.2, 0.25) is 5.02 Å². The van der Waals surface area contributed by atoms with Crippen LogP contribution in [0.4, 0.5) is 10.5 Å². The van der Waals surface area contributed by atoms with E-state index in [-0.39, 0.29) is 19.1 Å². The van der Waals surface area contributed by atoms with Crippen molar-refractivity contribution in [1.29, 1.82) is 0 Å². The minimum absolute atomic E-state index is 0.0513. The number of amides is 3. The molecule has 4 rings (SSSR count). The number of hydrogen-bond acceptors (Lipinski definition) is 4. The van der Waals surface area contributed by atoms with Crippen molar-refractivity contribution >= 4 is 35.2 Å². The van der Waals surface area contributed by atoms with E-state index in [0.717, 1.165) is 12.0 Å². The van der Waals surface area contributed by atoms with E-state index in [1.54, 1.807) is 30.3 Å². The van der Waals surface area contributed by atoms with E-state index in [2.05, 4.69) is 10.6 Å². The molecule has 1 atom stereocenters. The van der Waals surface area contributed by atoms with Crippen molar-refractivity contribution in [2.75, 3.05) is 18.5 Å². The summed E-state index contributed by atoms with van der Waals surface area (Å²) in [6, 6.07) is 13.3. The summed E-state index contributed by atoms with van der Waals surface area (Å²) in [7, 11) is 0. The van der Waals surface area contributed by atoms with Gasteiger partial charge in [-0.25, -0.2) is 9.59 Å². The van der Waals surface area contributed by atoms with Crippen LogP contribution in [0.1, 0.15) is 24.1 Å². The molecular formula is C22H20ClN3O4. The number of carbonyl (C=O) groups excluding carboxylic acids is 3. The lowest BCUT2D eigenvalue weighted by Crippen LogP contribution is -2.49. The first-order valence-electron chi connectivity index (χ1n) is 9.58. The number of urea groups is 1. The van der Waals surface area contributed by atoms with E-state index < -0.39 is 18.0 Å². The lowest BCUT2D eigenvalue weighted by Gasteiger charge is -2.32. The zero-order valence-electron chi connectivity index (χ0n) is 16.3. The smallest absolute Gasteiger partial charge is 0.338 e. The quantitative estimate of drug-likeness (QED) is 0.718. The number of halogens is 1. The number of ether oxygens (including phenoxy) is 1. The summed E-state index contributed by atoms with van der Waals surface area (Å²) >= 11 is 5.94. The summed E-state index contributed by atoms with van der Waals surface area (Å²) < 4.78 is 5.18. The maximum Gasteiger partial charge on any atom is 0.338 e. The molecule has 2 aromatic rings. The summed E-state index contributed by atoms with van der Waals surface area (Å²) in [5.41, 5.74) is 3.19. The highest BCUT2D eigenvalue weighted by atomic mass is 35.5. The van der Waals surface area contributed by atoms with Crippen LogP contribution < -0.4 is 10.6 Å². The molecule has 0 radical (unpaired) electrons. The largest absolute Gasteiger partial charge is 0.456 e. The van der Waals surface area contributed by atoms with Crippen LogP contribution in [-0.2, 0) is 20.7 Å². The number of aryl methyl sites for hydroxylation is 1. The summed E-state index contributed by atoms with van der Waals surface area (Å²) in [6.45, 7) is 1.75. The Balaban J connectivity index is 1.57. The molecule has 2 aromatic carbocycles. The third kappa shape index (κ3) is 3.89. The molecule has 0 unspecified atom stereocenters. The third-order valence-electron chi connectivity index (χ3n) is 5.12. The summed E-state index contributed by atoms with van der Waals surface area (Å²) in [4.78, 5) is 39.0. The number of anilines is 1. The number of hydrogen-bond donors (Lipinski definition) is 2. The summed E-state index contributed by atoms with van der Waals surface area (Å²) in [5, 5.41) is 6.15. The monoisotopic (exact) mass is 425 g/mol. The lowest BCUT2D eigenvalue weighted by atomic mass is 9.96. The van der Waals surface area contributed by atoms with Crippen LogP contribution in [0, 0.1) is 0 Å². The van der Waals surface area contributed by atoms with Crippen molar-refractivity contribution in [3.8, 4) is 0 Å². The second-order valence-electron chi connectivity index (χ2n) is 7.06. The molecule has 154 valence electrons. The van der Waals surface area contributed by atoms with Gasteiger partial charge in [-0.15, -0.1) is 0 Å². The number of nitrogens with one attached hydrogen (secondary N) is 2. The molecule has 0 aromatic heterocycles. The van der Waals surface area contributed by atoms with Gasteiger partial charge >= 0.3 is 12.0 Å². The first-order valence-corrected chi connectivity index (χ1v) is 9.96. The van der Waals surface area contributed by atoms with Crippen molar-refractivity contribution in [3.05, 3.63) is 76.0 Å². The lowest BCUT2D eigenvalue weighted by molar-refractivity contribution is -0.136. The van der Waals surface area contributed by atoms with Crippen LogP contribution in [-0.4, -0.2) is 36.0 Å². The van der Waals surface area contributed by atoms with Gasteiger partial charge in [0.1, 0.15) is 13.2 Å². The maximum absolute atomic E-state index is 12.8. The topological polar surface area (TPSA) is 87.7 Å². The van der Waals surface area contributed by atoms with Gasteiger partial charge in [-0.3, -0.25) is 9.69 Å². The highest BCUT2D eigenvalue weighted by Gasteiger charge is 2.42. The number of cyclic esters (lactones) is 1. The van der Waals surface area contributed by atoms with Gasteiger partial charge in [0.05, 0.1) is 17.3 Å². The fourth-order valence-corrected chi connectivity index (χ4v) is 3.72. The Morgan fingerprint density at radius 3 is 2.73 bits per heavy atom. The summed E-state index contributed by atoms with van der Waals surface area (Å²) in [6.07, 6.45) is 0.847. The van der Waals surface area contributed by atoms with Crippen molar-refractivity contribution < 1.29 is 19.1 Å². The first kappa shape index (κ1) is 20.0. The number of benzene rings is 2. The third-order valence-corrected chi connectivity index (χ3v) is 5.37. The van der Waals surface area contributed by atoms with Crippen LogP contribution in [0.5, 0.6) is 0 Å². The van der Waals surface area contributed by atoms with Gasteiger partial charge in [-0.05, 0) is 41.8 Å². The van der Waals surface area contributed by atoms with Gasteiger partial charge in [0.25, 0.3) is 0 Å². The minimum atomic E-state index is -0.652. The molecule has 2 heterocycles. The standard InChI is InChI=1S/C22H20ClN3O4/c1-2-13-4-3-5-16(10-13)24-18(27)11-26-17-12-30-21(28)19(17)20(25-22(26)29)14-6-8-15(23)9-7-14/h3-10,20H,2,11-12H2,1H3,(H,24,27)(H,25,29)/t20-/m0/s1. The van der Waals surface area contributed by atoms with E-state index in [1.807, 2.05) is 25.1 Å². The average molecular weight is 426 g/mol. The molecule has 2 aliphatic heterocycles. The Hall–Kier alpha value is -3.32. The highest BCUT2D eigenvalue weighted by molar-refractivity contribution is 6.30. The Kier molecular flexibility index (Phi) is 5.46. The molecule has 0 saturated heterocycles. The maximum atomic E-state index is 12.8. The molecule has 8 heteroatoms. The van der Waals surface area contributed by atoms with Crippen LogP contribution in [0.15, 0.2) is 59.8 Å². The van der Waals surface area contributed by atoms with E-state index in [0.29, 0.717) is 27.5 Å². The van der Waals surface area contributed by atoms with Crippen molar-refractivity contribution in [3.63, 3.8) is 0 Å². The Bertz CT molecular complexity index is 1050. The molecule has 7 nitrogen and oxygen atoms in total. The second-order valence-corrected chi connectivity index (χ2v) is 7.50. The second kappa shape index (κ2) is 8.20. The van der Waals surface area contributed by atoms with E-state index >= 15 is 0 Å². The molecule has 0 saturated carbocycles. The Morgan fingerprint density at radius 1 is 1.23 bits per heavy atom. The molecule has 0 spiro atoms. The average Bonchev–Trinajstić information content (AvgIpc) is 3.12. The van der Waals surface area contributed by atoms with Gasteiger partial charge in [0.15, 0.2) is 0 Å². The zero-order valence-corrected chi connectivity index (χ0v) is 17.0. The molecule has 0 bridgehead atoms. The molecule has 2 N–H and O–H groups in total.